The average Bonchev–Trinajstić information content (AvgIpc) is 2.67. The quantitative estimate of drug-likeness (QED) is 0.462. The zero-order valence-electron chi connectivity index (χ0n) is 14.9. The molecule has 0 saturated heterocycles. The number of amides is 1. The van der Waals surface area contributed by atoms with Crippen LogP contribution in [-0.2, 0) is 11.3 Å². The Balaban J connectivity index is 1.81. The normalized spacial score (nSPS) is 11.8. The second kappa shape index (κ2) is 8.47. The van der Waals surface area contributed by atoms with Crippen LogP contribution in [0.3, 0.4) is 0 Å². The Morgan fingerprint density at radius 3 is 2.41 bits per heavy atom. The van der Waals surface area contributed by atoms with Gasteiger partial charge in [-0.1, -0.05) is 78.3 Å². The van der Waals surface area contributed by atoms with Gasteiger partial charge in [-0.2, -0.15) is 0 Å². The van der Waals surface area contributed by atoms with Gasteiger partial charge in [0.15, 0.2) is 0 Å². The van der Waals surface area contributed by atoms with E-state index in [9.17, 15) is 4.79 Å². The maximum Gasteiger partial charge on any atom is 0.414 e. The Kier molecular flexibility index (Phi) is 6.04. The largest absolute Gasteiger partial charge is 0.444 e. The molecular weight excluding hydrogens is 381 g/mol. The van der Waals surface area contributed by atoms with Gasteiger partial charge in [-0.05, 0) is 35.4 Å². The highest BCUT2D eigenvalue weighted by Crippen LogP contribution is 2.30. The first-order valence-corrected chi connectivity index (χ1v) is 9.26. The summed E-state index contributed by atoms with van der Waals surface area (Å²) in [5, 5.41) is 3.12. The highest BCUT2D eigenvalue weighted by molar-refractivity contribution is 6.35. The number of fused-ring (bicyclic) bond motifs is 1. The number of carbonyl (C=O) groups excluding carboxylic acids is 1. The molecule has 138 valence electrons. The number of carbonyl (C=O) groups is 1. The molecule has 0 aliphatic carbocycles. The molecule has 5 heteroatoms. The monoisotopic (exact) mass is 399 g/mol. The van der Waals surface area contributed by atoms with E-state index in [1.807, 2.05) is 49.4 Å². The lowest BCUT2D eigenvalue weighted by Gasteiger charge is -2.26. The molecule has 0 fully saturated rings. The van der Waals surface area contributed by atoms with Crippen LogP contribution in [0.15, 0.2) is 73.4 Å². The van der Waals surface area contributed by atoms with E-state index in [2.05, 4.69) is 6.58 Å². The molecule has 3 nitrogen and oxygen atoms in total. The molecular formula is C22H19Cl2NO2. The molecule has 1 amide bonds. The Morgan fingerprint density at radius 1 is 1.07 bits per heavy atom. The molecule has 3 aromatic rings. The fourth-order valence-corrected chi connectivity index (χ4v) is 3.54. The van der Waals surface area contributed by atoms with Crippen molar-refractivity contribution in [3.63, 3.8) is 0 Å². The molecule has 0 heterocycles. The summed E-state index contributed by atoms with van der Waals surface area (Å²) < 4.78 is 5.44. The molecule has 3 aromatic carbocycles. The number of nitrogens with zero attached hydrogens (tertiary/aromatic N) is 1. The van der Waals surface area contributed by atoms with Gasteiger partial charge in [0.05, 0.1) is 6.04 Å². The first-order chi connectivity index (χ1) is 13.0. The molecule has 0 aliphatic heterocycles. The van der Waals surface area contributed by atoms with Gasteiger partial charge in [0, 0.05) is 21.8 Å². The third kappa shape index (κ3) is 4.10. The highest BCUT2D eigenvalue weighted by Gasteiger charge is 2.22. The van der Waals surface area contributed by atoms with Crippen molar-refractivity contribution >= 4 is 40.1 Å². The number of hydrogen-bond acceptors (Lipinski definition) is 2. The predicted molar refractivity (Wildman–Crippen MR) is 111 cm³/mol. The zero-order valence-corrected chi connectivity index (χ0v) is 16.4. The third-order valence-corrected chi connectivity index (χ3v) is 5.21. The topological polar surface area (TPSA) is 29.5 Å². The fourth-order valence-electron chi connectivity index (χ4n) is 3.03. The van der Waals surface area contributed by atoms with Gasteiger partial charge in [-0.3, -0.25) is 4.90 Å². The fraction of sp³-hybridized carbons (Fsp3) is 0.136. The summed E-state index contributed by atoms with van der Waals surface area (Å²) >= 11 is 12.3. The van der Waals surface area contributed by atoms with Gasteiger partial charge in [0.2, 0.25) is 0 Å². The van der Waals surface area contributed by atoms with Crippen LogP contribution < -0.4 is 0 Å². The van der Waals surface area contributed by atoms with Gasteiger partial charge in [0.1, 0.15) is 6.61 Å². The minimum absolute atomic E-state index is 0.00998. The van der Waals surface area contributed by atoms with Gasteiger partial charge in [-0.15, -0.1) is 0 Å². The molecule has 0 unspecified atom stereocenters. The van der Waals surface area contributed by atoms with Crippen molar-refractivity contribution in [2.75, 3.05) is 0 Å². The number of benzene rings is 3. The van der Waals surface area contributed by atoms with Crippen molar-refractivity contribution in [2.24, 2.45) is 0 Å². The highest BCUT2D eigenvalue weighted by atomic mass is 35.5. The Bertz CT molecular complexity index is 961. The van der Waals surface area contributed by atoms with Crippen LogP contribution in [0.4, 0.5) is 4.79 Å². The van der Waals surface area contributed by atoms with Crippen molar-refractivity contribution in [2.45, 2.75) is 19.6 Å². The van der Waals surface area contributed by atoms with Crippen LogP contribution in [0.5, 0.6) is 0 Å². The smallest absolute Gasteiger partial charge is 0.414 e. The first kappa shape index (κ1) is 19.3. The summed E-state index contributed by atoms with van der Waals surface area (Å²) in [4.78, 5) is 14.1. The Hall–Kier alpha value is -2.49. The lowest BCUT2D eigenvalue weighted by molar-refractivity contribution is 0.101. The van der Waals surface area contributed by atoms with Crippen molar-refractivity contribution < 1.29 is 9.53 Å². The molecule has 0 spiro atoms. The molecule has 0 N–H and O–H groups in total. The molecule has 0 aromatic heterocycles. The molecule has 1 atom stereocenters. The molecule has 0 aliphatic rings. The molecule has 27 heavy (non-hydrogen) atoms. The van der Waals surface area contributed by atoms with Gasteiger partial charge in [0.25, 0.3) is 0 Å². The predicted octanol–water partition coefficient (Wildman–Crippen LogP) is 6.99. The Labute approximate surface area is 168 Å². The lowest BCUT2D eigenvalue weighted by Crippen LogP contribution is -2.29. The molecule has 3 rings (SSSR count). The summed E-state index contributed by atoms with van der Waals surface area (Å²) in [6.45, 7) is 5.70. The number of rotatable bonds is 5. The van der Waals surface area contributed by atoms with Crippen molar-refractivity contribution in [1.82, 2.24) is 4.90 Å². The molecule has 0 bridgehead atoms. The van der Waals surface area contributed by atoms with E-state index in [4.69, 9.17) is 27.9 Å². The summed E-state index contributed by atoms with van der Waals surface area (Å²) in [6.07, 6.45) is 0.963. The van der Waals surface area contributed by atoms with Gasteiger partial charge >= 0.3 is 6.09 Å². The van der Waals surface area contributed by atoms with E-state index in [0.717, 1.165) is 16.3 Å². The van der Waals surface area contributed by atoms with Crippen LogP contribution in [0.25, 0.3) is 10.8 Å². The van der Waals surface area contributed by atoms with Crippen molar-refractivity contribution in [1.29, 1.82) is 0 Å². The summed E-state index contributed by atoms with van der Waals surface area (Å²) in [6, 6.07) is 19.0. The van der Waals surface area contributed by atoms with E-state index in [0.29, 0.717) is 15.6 Å². The second-order valence-corrected chi connectivity index (χ2v) is 6.90. The Morgan fingerprint density at radius 2 is 1.70 bits per heavy atom. The zero-order chi connectivity index (χ0) is 19.4. The van der Waals surface area contributed by atoms with E-state index < -0.39 is 6.09 Å². The van der Waals surface area contributed by atoms with Crippen molar-refractivity contribution in [3.05, 3.63) is 94.6 Å². The minimum Gasteiger partial charge on any atom is -0.444 e. The minimum atomic E-state index is -0.513. The standard InChI is InChI=1S/C22H19Cl2NO2/c1-3-25(22(26)27-14-19-20(23)12-7-13-21(19)24)15(2)17-11-6-9-16-8-4-5-10-18(16)17/h3-13,15H,1,14H2,2H3/t15-/m0/s1. The maximum atomic E-state index is 12.7. The van der Waals surface area contributed by atoms with Crippen LogP contribution in [0, 0.1) is 0 Å². The maximum absolute atomic E-state index is 12.7. The van der Waals surface area contributed by atoms with E-state index >= 15 is 0 Å². The third-order valence-electron chi connectivity index (χ3n) is 4.50. The summed E-state index contributed by atoms with van der Waals surface area (Å²) in [5.74, 6) is 0. The lowest BCUT2D eigenvalue weighted by atomic mass is 9.99. The number of hydrogen-bond donors (Lipinski definition) is 0. The molecule has 0 radical (unpaired) electrons. The SMILES string of the molecule is C=CN(C(=O)OCc1c(Cl)cccc1Cl)[C@@H](C)c1cccc2ccccc12. The van der Waals surface area contributed by atoms with E-state index in [-0.39, 0.29) is 12.6 Å². The van der Waals surface area contributed by atoms with Crippen LogP contribution in [-0.4, -0.2) is 11.0 Å². The van der Waals surface area contributed by atoms with E-state index in [1.165, 1.54) is 11.1 Å². The number of halogens is 2. The van der Waals surface area contributed by atoms with Crippen molar-refractivity contribution in [3.8, 4) is 0 Å². The van der Waals surface area contributed by atoms with E-state index in [1.54, 1.807) is 18.2 Å². The summed E-state index contributed by atoms with van der Waals surface area (Å²) in [5.41, 5.74) is 1.59. The van der Waals surface area contributed by atoms with Crippen LogP contribution >= 0.6 is 23.2 Å². The van der Waals surface area contributed by atoms with Crippen LogP contribution in [0.2, 0.25) is 10.0 Å². The van der Waals surface area contributed by atoms with Gasteiger partial charge in [-0.25, -0.2) is 4.79 Å². The second-order valence-electron chi connectivity index (χ2n) is 6.09. The average molecular weight is 400 g/mol. The summed E-state index contributed by atoms with van der Waals surface area (Å²) in [7, 11) is 0. The first-order valence-electron chi connectivity index (χ1n) is 8.51. The van der Waals surface area contributed by atoms with Gasteiger partial charge < -0.3 is 4.74 Å². The van der Waals surface area contributed by atoms with Crippen LogP contribution in [0.1, 0.15) is 24.1 Å². The number of ether oxygens (including phenoxy) is 1. The molecule has 0 saturated carbocycles.